The van der Waals surface area contributed by atoms with E-state index in [1.54, 1.807) is 35.4 Å². The number of piperidine rings is 1. The molecule has 46 heavy (non-hydrogen) atoms. The van der Waals surface area contributed by atoms with Gasteiger partial charge in [0.15, 0.2) is 0 Å². The van der Waals surface area contributed by atoms with Gasteiger partial charge in [-0.05, 0) is 63.0 Å². The lowest BCUT2D eigenvalue weighted by Gasteiger charge is -2.40. The van der Waals surface area contributed by atoms with E-state index in [-0.39, 0.29) is 36.4 Å². The number of carbonyl (C=O) groups is 5. The van der Waals surface area contributed by atoms with E-state index in [2.05, 4.69) is 16.0 Å². The second-order valence-electron chi connectivity index (χ2n) is 13.6. The first kappa shape index (κ1) is 36.4. The zero-order chi connectivity index (χ0) is 34.2. The maximum atomic E-state index is 14.0. The molecule has 0 bridgehead atoms. The molecule has 1 aliphatic rings. The molecule has 1 saturated heterocycles. The Hall–Kier alpha value is -4.09. The molecule has 1 aromatic carbocycles. The number of aromatic nitrogens is 1. The number of carboxylic acids is 1. The summed E-state index contributed by atoms with van der Waals surface area (Å²) in [5.74, 6) is -2.40. The number of nitrogens with zero attached hydrogens (tertiary/aromatic N) is 2. The van der Waals surface area contributed by atoms with Crippen LogP contribution in [0.1, 0.15) is 92.1 Å². The number of unbranched alkanes of at least 4 members (excludes halogenated alkanes) is 1. The Kier molecular flexibility index (Phi) is 12.6. The molecule has 12 heteroatoms. The first-order valence-corrected chi connectivity index (χ1v) is 16.3. The Morgan fingerprint density at radius 1 is 0.957 bits per heavy atom. The van der Waals surface area contributed by atoms with E-state index in [9.17, 15) is 29.1 Å². The first-order chi connectivity index (χ1) is 21.7. The van der Waals surface area contributed by atoms with Gasteiger partial charge in [0.1, 0.15) is 18.1 Å². The van der Waals surface area contributed by atoms with Crippen LogP contribution in [0.4, 0.5) is 9.59 Å². The number of amides is 4. The van der Waals surface area contributed by atoms with E-state index >= 15 is 0 Å². The van der Waals surface area contributed by atoms with E-state index in [1.165, 1.54) is 11.7 Å². The highest BCUT2D eigenvalue weighted by Crippen LogP contribution is 2.26. The molecule has 4 N–H and O–H groups in total. The molecule has 254 valence electrons. The van der Waals surface area contributed by atoms with Crippen molar-refractivity contribution in [2.24, 2.45) is 5.41 Å². The van der Waals surface area contributed by atoms with Crippen molar-refractivity contribution in [3.63, 3.8) is 0 Å². The zero-order valence-electron chi connectivity index (χ0n) is 28.2. The largest absolute Gasteiger partial charge is 0.480 e. The number of fused-ring (bicyclic) bond motifs is 1. The number of carboxylic acid groups (broad SMARTS) is 1. The number of benzene rings is 1. The number of rotatable bonds is 12. The third-order valence-electron chi connectivity index (χ3n) is 8.54. The molecule has 0 radical (unpaired) electrons. The van der Waals surface area contributed by atoms with E-state index in [1.807, 2.05) is 41.5 Å². The third-order valence-corrected chi connectivity index (χ3v) is 8.54. The summed E-state index contributed by atoms with van der Waals surface area (Å²) in [5, 5.41) is 18.9. The molecule has 1 aliphatic heterocycles. The number of aliphatic carboxylic acids is 1. The monoisotopic (exact) mass is 641 g/mol. The van der Waals surface area contributed by atoms with E-state index in [0.717, 1.165) is 25.7 Å². The topological polar surface area (TPSA) is 159 Å². The second kappa shape index (κ2) is 16.0. The van der Waals surface area contributed by atoms with Crippen LogP contribution in [0.15, 0.2) is 30.5 Å². The second-order valence-corrected chi connectivity index (χ2v) is 13.6. The van der Waals surface area contributed by atoms with Gasteiger partial charge in [-0.1, -0.05) is 58.7 Å². The van der Waals surface area contributed by atoms with Crippen LogP contribution in [0.2, 0.25) is 0 Å². The average Bonchev–Trinajstić information content (AvgIpc) is 3.35. The molecule has 4 amide bonds. The fraction of sp³-hybridized carbons (Fsp3) is 0.618. The number of urea groups is 1. The maximum absolute atomic E-state index is 14.0. The first-order valence-electron chi connectivity index (χ1n) is 16.3. The average molecular weight is 642 g/mol. The van der Waals surface area contributed by atoms with Gasteiger partial charge < -0.3 is 30.7 Å². The predicted octanol–water partition coefficient (Wildman–Crippen LogP) is 4.82. The maximum Gasteiger partial charge on any atom is 0.418 e. The van der Waals surface area contributed by atoms with Crippen LogP contribution in [-0.2, 0) is 25.5 Å². The summed E-state index contributed by atoms with van der Waals surface area (Å²) >= 11 is 0. The zero-order valence-corrected chi connectivity index (χ0v) is 28.2. The third kappa shape index (κ3) is 9.46. The lowest BCUT2D eigenvalue weighted by atomic mass is 9.87. The SMILES string of the molecule is CCCC[C@H](NC(=O)[C@@H](Cc1cn(C(=O)OC)c2ccccc12)NC(=O)[C@@H](CC(C)(C)C)NC(=O)N1[C@H](C)CCC[C@@H]1C)C(=O)O. The van der Waals surface area contributed by atoms with Crippen LogP contribution < -0.4 is 16.0 Å². The summed E-state index contributed by atoms with van der Waals surface area (Å²) in [4.78, 5) is 67.6. The van der Waals surface area contributed by atoms with Gasteiger partial charge in [-0.3, -0.25) is 14.2 Å². The number of carbonyl (C=O) groups excluding carboxylic acids is 4. The fourth-order valence-corrected chi connectivity index (χ4v) is 6.17. The minimum Gasteiger partial charge on any atom is -0.480 e. The molecule has 2 aromatic rings. The number of para-hydroxylation sites is 1. The van der Waals surface area contributed by atoms with Gasteiger partial charge in [0.05, 0.1) is 12.6 Å². The van der Waals surface area contributed by atoms with Crippen molar-refractivity contribution in [1.82, 2.24) is 25.4 Å². The molecule has 5 atom stereocenters. The fourth-order valence-electron chi connectivity index (χ4n) is 6.17. The minimum atomic E-state index is -1.21. The number of hydrogen-bond acceptors (Lipinski definition) is 6. The summed E-state index contributed by atoms with van der Waals surface area (Å²) in [5.41, 5.74) is 0.785. The molecular weight excluding hydrogens is 590 g/mol. The molecule has 0 saturated carbocycles. The standard InChI is InChI=1S/C34H51N5O7/c1-8-9-16-25(31(42)43)35-29(40)26(18-23-20-38(33(45)46-7)28-17-11-10-15-24(23)28)36-30(41)27(19-34(4,5)6)37-32(44)39-21(2)13-12-14-22(39)3/h10-11,15,17,20-22,25-27H,8-9,12-14,16,18-19H2,1-7H3,(H,35,40)(H,36,41)(H,37,44)(H,42,43)/t21-,22+,25-,26+,27+/m0/s1. The van der Waals surface area contributed by atoms with E-state index in [0.29, 0.717) is 29.3 Å². The molecule has 12 nitrogen and oxygen atoms in total. The highest BCUT2D eigenvalue weighted by atomic mass is 16.5. The Morgan fingerprint density at radius 3 is 2.15 bits per heavy atom. The molecule has 3 rings (SSSR count). The number of ether oxygens (including phenoxy) is 1. The van der Waals surface area contributed by atoms with Crippen LogP contribution in [0.3, 0.4) is 0 Å². The molecule has 0 unspecified atom stereocenters. The van der Waals surface area contributed by atoms with Gasteiger partial charge in [0.25, 0.3) is 0 Å². The van der Waals surface area contributed by atoms with Crippen molar-refractivity contribution in [3.8, 4) is 0 Å². The highest BCUT2D eigenvalue weighted by molar-refractivity contribution is 5.95. The molecule has 0 spiro atoms. The van der Waals surface area contributed by atoms with Gasteiger partial charge in [0.2, 0.25) is 11.8 Å². The van der Waals surface area contributed by atoms with Crippen LogP contribution in [0.25, 0.3) is 10.9 Å². The Morgan fingerprint density at radius 2 is 1.57 bits per heavy atom. The number of likely N-dealkylation sites (tertiary alicyclic amines) is 1. The minimum absolute atomic E-state index is 0.0174. The predicted molar refractivity (Wildman–Crippen MR) is 175 cm³/mol. The van der Waals surface area contributed by atoms with Gasteiger partial charge >= 0.3 is 18.1 Å². The van der Waals surface area contributed by atoms with Crippen molar-refractivity contribution < 1.29 is 33.8 Å². The van der Waals surface area contributed by atoms with Crippen LogP contribution in [0, 0.1) is 5.41 Å². The van der Waals surface area contributed by atoms with Gasteiger partial charge in [0, 0.05) is 30.1 Å². The smallest absolute Gasteiger partial charge is 0.418 e. The molecule has 1 aromatic heterocycles. The number of methoxy groups -OCH3 is 1. The molecule has 0 aliphatic carbocycles. The van der Waals surface area contributed by atoms with Crippen molar-refractivity contribution in [2.75, 3.05) is 7.11 Å². The molecule has 2 heterocycles. The van der Waals surface area contributed by atoms with Gasteiger partial charge in [-0.15, -0.1) is 0 Å². The van der Waals surface area contributed by atoms with E-state index in [4.69, 9.17) is 4.74 Å². The highest BCUT2D eigenvalue weighted by Gasteiger charge is 2.35. The molecular formula is C34H51N5O7. The summed E-state index contributed by atoms with van der Waals surface area (Å²) in [6.07, 6.45) is 5.53. The summed E-state index contributed by atoms with van der Waals surface area (Å²) < 4.78 is 6.26. The summed E-state index contributed by atoms with van der Waals surface area (Å²) in [6.45, 7) is 11.8. The van der Waals surface area contributed by atoms with Gasteiger partial charge in [-0.2, -0.15) is 0 Å². The summed E-state index contributed by atoms with van der Waals surface area (Å²) in [6, 6.07) is 3.49. The van der Waals surface area contributed by atoms with Crippen molar-refractivity contribution in [1.29, 1.82) is 0 Å². The van der Waals surface area contributed by atoms with E-state index < -0.39 is 42.0 Å². The van der Waals surface area contributed by atoms with Crippen molar-refractivity contribution in [2.45, 2.75) is 123 Å². The number of hydrogen-bond donors (Lipinski definition) is 4. The normalized spacial score (nSPS) is 18.7. The van der Waals surface area contributed by atoms with Crippen LogP contribution in [0.5, 0.6) is 0 Å². The summed E-state index contributed by atoms with van der Waals surface area (Å²) in [7, 11) is 1.27. The Labute approximate surface area is 271 Å². The van der Waals surface area contributed by atoms with Crippen LogP contribution >= 0.6 is 0 Å². The molecule has 1 fully saturated rings. The lowest BCUT2D eigenvalue weighted by Crippen LogP contribution is -2.60. The number of nitrogens with one attached hydrogen (secondary N) is 3. The van der Waals surface area contributed by atoms with Crippen LogP contribution in [-0.4, -0.2) is 81.8 Å². The Bertz CT molecular complexity index is 1390. The van der Waals surface area contributed by atoms with Crippen molar-refractivity contribution in [3.05, 3.63) is 36.0 Å². The van der Waals surface area contributed by atoms with Crippen molar-refractivity contribution >= 4 is 40.8 Å². The Balaban J connectivity index is 1.97. The van der Waals surface area contributed by atoms with Gasteiger partial charge in [-0.25, -0.2) is 14.4 Å². The lowest BCUT2D eigenvalue weighted by molar-refractivity contribution is -0.142. The quantitative estimate of drug-likeness (QED) is 0.259.